The van der Waals surface area contributed by atoms with Crippen LogP contribution in [-0.4, -0.2) is 24.8 Å². The summed E-state index contributed by atoms with van der Waals surface area (Å²) < 4.78 is 31.0. The summed E-state index contributed by atoms with van der Waals surface area (Å²) in [4.78, 5) is 4.28. The fourth-order valence-electron chi connectivity index (χ4n) is 1.72. The van der Waals surface area contributed by atoms with Crippen LogP contribution in [0.1, 0.15) is 17.1 Å². The lowest BCUT2D eigenvalue weighted by atomic mass is 10.3. The van der Waals surface area contributed by atoms with Crippen LogP contribution in [0.15, 0.2) is 39.8 Å². The van der Waals surface area contributed by atoms with E-state index >= 15 is 0 Å². The van der Waals surface area contributed by atoms with E-state index in [1.54, 1.807) is 12.1 Å². The van der Waals surface area contributed by atoms with Crippen LogP contribution in [0.5, 0.6) is 0 Å². The normalized spacial score (nSPS) is 12.0. The molecule has 0 aliphatic heterocycles. The van der Waals surface area contributed by atoms with Gasteiger partial charge in [0.2, 0.25) is 5.09 Å². The summed E-state index contributed by atoms with van der Waals surface area (Å²) in [5.74, 6) is 0.561. The van der Waals surface area contributed by atoms with Crippen LogP contribution in [0.2, 0.25) is 0 Å². The summed E-state index contributed by atoms with van der Waals surface area (Å²) in [6, 6.07) is 8.45. The number of furan rings is 1. The van der Waals surface area contributed by atoms with Gasteiger partial charge in [-0.2, -0.15) is 4.31 Å². The predicted molar refractivity (Wildman–Crippen MR) is 75.9 cm³/mol. The summed E-state index contributed by atoms with van der Waals surface area (Å²) in [5, 5.41) is -0.108. The van der Waals surface area contributed by atoms with Crippen LogP contribution in [0.3, 0.4) is 0 Å². The highest BCUT2D eigenvalue weighted by Gasteiger charge is 2.25. The molecule has 0 bridgehead atoms. The average molecular weight is 315 g/mol. The Morgan fingerprint density at radius 2 is 2.05 bits per heavy atom. The molecule has 0 aliphatic carbocycles. The maximum Gasteiger partial charge on any atom is 0.276 e. The molecule has 0 aliphatic rings. The number of halogens is 1. The molecule has 2 heterocycles. The maximum absolute atomic E-state index is 12.3. The first kappa shape index (κ1) is 15.0. The van der Waals surface area contributed by atoms with E-state index in [1.165, 1.54) is 17.4 Å². The fourth-order valence-corrected chi connectivity index (χ4v) is 2.93. The number of sulfonamides is 1. The third-order valence-electron chi connectivity index (χ3n) is 2.76. The second-order valence-corrected chi connectivity index (χ2v) is 6.63. The van der Waals surface area contributed by atoms with Crippen LogP contribution < -0.4 is 0 Å². The van der Waals surface area contributed by atoms with Crippen molar-refractivity contribution in [3.8, 4) is 0 Å². The third-order valence-corrected chi connectivity index (χ3v) is 4.70. The van der Waals surface area contributed by atoms with Crippen LogP contribution in [0, 0.1) is 6.92 Å². The molecule has 2 rings (SSSR count). The lowest BCUT2D eigenvalue weighted by Gasteiger charge is -2.15. The summed E-state index contributed by atoms with van der Waals surface area (Å²) >= 11 is 5.60. The molecule has 7 heteroatoms. The second-order valence-electron chi connectivity index (χ2n) is 4.39. The van der Waals surface area contributed by atoms with Crippen molar-refractivity contribution in [2.24, 2.45) is 0 Å². The third kappa shape index (κ3) is 3.20. The van der Waals surface area contributed by atoms with Crippen molar-refractivity contribution in [1.29, 1.82) is 0 Å². The Balaban J connectivity index is 2.21. The highest BCUT2D eigenvalue weighted by atomic mass is 35.5. The Hall–Kier alpha value is -1.37. The van der Waals surface area contributed by atoms with E-state index in [2.05, 4.69) is 4.98 Å². The Kier molecular flexibility index (Phi) is 4.47. The molecule has 0 spiro atoms. The fraction of sp³-hybridized carbons (Fsp3) is 0.308. The van der Waals surface area contributed by atoms with Crippen LogP contribution in [0.4, 0.5) is 0 Å². The minimum absolute atomic E-state index is 0.108. The topological polar surface area (TPSA) is 63.4 Å². The molecule has 0 radical (unpaired) electrons. The SMILES string of the molecule is Cc1cccc(CN(C)S(=O)(=O)c2ccc(CCl)o2)n1. The number of hydrogen-bond donors (Lipinski definition) is 0. The van der Waals surface area contributed by atoms with Gasteiger partial charge in [0.1, 0.15) is 5.76 Å². The monoisotopic (exact) mass is 314 g/mol. The number of hydrogen-bond acceptors (Lipinski definition) is 4. The van der Waals surface area contributed by atoms with Crippen LogP contribution >= 0.6 is 11.6 Å². The number of alkyl halides is 1. The van der Waals surface area contributed by atoms with Gasteiger partial charge in [0.25, 0.3) is 10.0 Å². The predicted octanol–water partition coefficient (Wildman–Crippen LogP) is 2.54. The molecule has 0 saturated heterocycles. The van der Waals surface area contributed by atoms with Gasteiger partial charge in [-0.05, 0) is 31.2 Å². The molecular weight excluding hydrogens is 300 g/mol. The first-order valence-corrected chi connectivity index (χ1v) is 7.94. The Morgan fingerprint density at radius 3 is 2.65 bits per heavy atom. The Bertz CT molecular complexity index is 697. The van der Waals surface area contributed by atoms with Crippen LogP contribution in [-0.2, 0) is 22.4 Å². The van der Waals surface area contributed by atoms with Gasteiger partial charge in [0.15, 0.2) is 0 Å². The van der Waals surface area contributed by atoms with E-state index in [1.807, 2.05) is 19.1 Å². The van der Waals surface area contributed by atoms with E-state index in [9.17, 15) is 8.42 Å². The largest absolute Gasteiger partial charge is 0.447 e. The van der Waals surface area contributed by atoms with Crippen molar-refractivity contribution < 1.29 is 12.8 Å². The number of nitrogens with zero attached hydrogens (tertiary/aromatic N) is 2. The van der Waals surface area contributed by atoms with Crippen LogP contribution in [0.25, 0.3) is 0 Å². The Labute approximate surface area is 123 Å². The van der Waals surface area contributed by atoms with Crippen molar-refractivity contribution in [2.75, 3.05) is 7.05 Å². The zero-order valence-corrected chi connectivity index (χ0v) is 12.8. The number of rotatable bonds is 5. The number of pyridine rings is 1. The minimum Gasteiger partial charge on any atom is -0.447 e. The molecule has 0 N–H and O–H groups in total. The van der Waals surface area contributed by atoms with E-state index in [0.29, 0.717) is 11.5 Å². The lowest BCUT2D eigenvalue weighted by molar-refractivity contribution is 0.392. The smallest absolute Gasteiger partial charge is 0.276 e. The van der Waals surface area contributed by atoms with E-state index < -0.39 is 10.0 Å². The molecular formula is C13H15ClN2O3S. The van der Waals surface area contributed by atoms with Crippen molar-refractivity contribution >= 4 is 21.6 Å². The van der Waals surface area contributed by atoms with Crippen molar-refractivity contribution in [3.05, 3.63) is 47.5 Å². The van der Waals surface area contributed by atoms with E-state index in [-0.39, 0.29) is 17.5 Å². The molecule has 0 unspecified atom stereocenters. The van der Waals surface area contributed by atoms with Gasteiger partial charge >= 0.3 is 0 Å². The molecule has 20 heavy (non-hydrogen) atoms. The summed E-state index contributed by atoms with van der Waals surface area (Å²) in [6.45, 7) is 2.04. The molecule has 5 nitrogen and oxygen atoms in total. The quantitative estimate of drug-likeness (QED) is 0.796. The first-order chi connectivity index (χ1) is 9.43. The number of aryl methyl sites for hydroxylation is 1. The summed E-state index contributed by atoms with van der Waals surface area (Å²) in [7, 11) is -2.18. The zero-order valence-electron chi connectivity index (χ0n) is 11.2. The van der Waals surface area contributed by atoms with Crippen molar-refractivity contribution in [3.63, 3.8) is 0 Å². The van der Waals surface area contributed by atoms with Gasteiger partial charge in [0.05, 0.1) is 18.1 Å². The molecule has 108 valence electrons. The van der Waals surface area contributed by atoms with Gasteiger partial charge in [-0.3, -0.25) is 4.98 Å². The molecule has 0 saturated carbocycles. The average Bonchev–Trinajstić information content (AvgIpc) is 2.88. The minimum atomic E-state index is -3.67. The highest BCUT2D eigenvalue weighted by Crippen LogP contribution is 2.20. The van der Waals surface area contributed by atoms with Crippen molar-refractivity contribution in [2.45, 2.75) is 24.4 Å². The van der Waals surface area contributed by atoms with Gasteiger partial charge in [-0.25, -0.2) is 8.42 Å². The van der Waals surface area contributed by atoms with E-state index in [0.717, 1.165) is 5.69 Å². The van der Waals surface area contributed by atoms with E-state index in [4.69, 9.17) is 16.0 Å². The van der Waals surface area contributed by atoms with Gasteiger partial charge in [0, 0.05) is 12.7 Å². The van der Waals surface area contributed by atoms with Crippen molar-refractivity contribution in [1.82, 2.24) is 9.29 Å². The highest BCUT2D eigenvalue weighted by molar-refractivity contribution is 7.88. The molecule has 0 amide bonds. The second kappa shape index (κ2) is 5.95. The molecule has 0 atom stereocenters. The molecule has 0 fully saturated rings. The summed E-state index contributed by atoms with van der Waals surface area (Å²) in [5.41, 5.74) is 1.52. The van der Waals surface area contributed by atoms with Gasteiger partial charge in [-0.15, -0.1) is 11.6 Å². The maximum atomic E-state index is 12.3. The molecule has 2 aromatic rings. The first-order valence-electron chi connectivity index (χ1n) is 5.97. The standard InChI is InChI=1S/C13H15ClN2O3S/c1-10-4-3-5-11(15-10)9-16(2)20(17,18)13-7-6-12(8-14)19-13/h3-7H,8-9H2,1-2H3. The Morgan fingerprint density at radius 1 is 1.30 bits per heavy atom. The molecule has 0 aromatic carbocycles. The number of aromatic nitrogens is 1. The van der Waals surface area contributed by atoms with Gasteiger partial charge < -0.3 is 4.42 Å². The summed E-state index contributed by atoms with van der Waals surface area (Å²) in [6.07, 6.45) is 0. The molecule has 2 aromatic heterocycles. The van der Waals surface area contributed by atoms with Gasteiger partial charge in [-0.1, -0.05) is 6.07 Å². The lowest BCUT2D eigenvalue weighted by Crippen LogP contribution is -2.26. The zero-order chi connectivity index (χ0) is 14.8.